The molecule has 6 heteroatoms. The first-order valence-electron chi connectivity index (χ1n) is 4.93. The molecule has 88 valence electrons. The highest BCUT2D eigenvalue weighted by Crippen LogP contribution is 2.13. The molecule has 0 unspecified atom stereocenters. The van der Waals surface area contributed by atoms with Crippen molar-refractivity contribution in [2.75, 3.05) is 4.72 Å². The predicted octanol–water partition coefficient (Wildman–Crippen LogP) is 1.59. The number of nitrogens with zero attached hydrogens (tertiary/aromatic N) is 2. The molecule has 1 N–H and O–H groups in total. The first kappa shape index (κ1) is 11.5. The van der Waals surface area contributed by atoms with Gasteiger partial charge >= 0.3 is 0 Å². The first-order chi connectivity index (χ1) is 8.08. The van der Waals surface area contributed by atoms with E-state index in [1.54, 1.807) is 31.3 Å². The number of rotatable bonds is 3. The first-order valence-corrected chi connectivity index (χ1v) is 6.42. The third-order valence-electron chi connectivity index (χ3n) is 2.11. The van der Waals surface area contributed by atoms with E-state index in [9.17, 15) is 8.42 Å². The van der Waals surface area contributed by atoms with Crippen molar-refractivity contribution in [2.45, 2.75) is 11.8 Å². The summed E-state index contributed by atoms with van der Waals surface area (Å²) in [6, 6.07) is 6.45. The van der Waals surface area contributed by atoms with Gasteiger partial charge in [-0.1, -0.05) is 0 Å². The van der Waals surface area contributed by atoms with Crippen molar-refractivity contribution in [3.8, 4) is 0 Å². The molecular formula is C11H11N3O2S. The number of hydrogen-bond donors (Lipinski definition) is 1. The summed E-state index contributed by atoms with van der Waals surface area (Å²) in [5.41, 5.74) is 1.19. The van der Waals surface area contributed by atoms with Gasteiger partial charge in [0.05, 0.1) is 11.9 Å². The van der Waals surface area contributed by atoms with Crippen molar-refractivity contribution in [1.29, 1.82) is 0 Å². The molecule has 0 spiro atoms. The maximum Gasteiger partial charge on any atom is 0.263 e. The second-order valence-corrected chi connectivity index (χ2v) is 5.16. The molecule has 2 aromatic rings. The van der Waals surface area contributed by atoms with E-state index < -0.39 is 10.0 Å². The molecule has 2 rings (SSSR count). The van der Waals surface area contributed by atoms with Crippen LogP contribution >= 0.6 is 0 Å². The molecule has 0 radical (unpaired) electrons. The number of anilines is 1. The van der Waals surface area contributed by atoms with Crippen LogP contribution in [0.3, 0.4) is 0 Å². The number of sulfonamides is 1. The molecule has 0 bridgehead atoms. The molecule has 0 saturated carbocycles. The van der Waals surface area contributed by atoms with Crippen molar-refractivity contribution >= 4 is 15.7 Å². The van der Waals surface area contributed by atoms with Crippen molar-refractivity contribution in [1.82, 2.24) is 9.97 Å². The van der Waals surface area contributed by atoms with E-state index in [0.29, 0.717) is 5.69 Å². The van der Waals surface area contributed by atoms with Gasteiger partial charge in [0.1, 0.15) is 4.90 Å². The maximum atomic E-state index is 11.9. The summed E-state index contributed by atoms with van der Waals surface area (Å²) in [4.78, 5) is 7.92. The van der Waals surface area contributed by atoms with Crippen LogP contribution in [-0.2, 0) is 10.0 Å². The Balaban J connectivity index is 2.29. The molecule has 0 aliphatic heterocycles. The van der Waals surface area contributed by atoms with Crippen molar-refractivity contribution in [3.63, 3.8) is 0 Å². The van der Waals surface area contributed by atoms with Gasteiger partial charge in [-0.15, -0.1) is 0 Å². The predicted molar refractivity (Wildman–Crippen MR) is 64.0 cm³/mol. The second-order valence-electron chi connectivity index (χ2n) is 3.48. The van der Waals surface area contributed by atoms with Crippen LogP contribution in [0.25, 0.3) is 0 Å². The molecule has 0 amide bonds. The Labute approximate surface area is 99.6 Å². The zero-order valence-corrected chi connectivity index (χ0v) is 9.98. The Morgan fingerprint density at radius 1 is 1.18 bits per heavy atom. The lowest BCUT2D eigenvalue weighted by Gasteiger charge is -2.06. The van der Waals surface area contributed by atoms with Gasteiger partial charge in [0.25, 0.3) is 10.0 Å². The Hall–Kier alpha value is -1.95. The topological polar surface area (TPSA) is 72.0 Å². The Kier molecular flexibility index (Phi) is 3.06. The average Bonchev–Trinajstić information content (AvgIpc) is 2.30. The van der Waals surface area contributed by atoms with Crippen LogP contribution in [0.1, 0.15) is 5.69 Å². The van der Waals surface area contributed by atoms with Crippen LogP contribution in [0.15, 0.2) is 47.8 Å². The van der Waals surface area contributed by atoms with Crippen molar-refractivity contribution < 1.29 is 8.42 Å². The molecule has 5 nitrogen and oxygen atoms in total. The SMILES string of the molecule is Cc1ccc(S(=O)(=O)Nc2cccnc2)cn1. The highest BCUT2D eigenvalue weighted by molar-refractivity contribution is 7.92. The van der Waals surface area contributed by atoms with Gasteiger partial charge in [0.2, 0.25) is 0 Å². The van der Waals surface area contributed by atoms with Crippen LogP contribution < -0.4 is 4.72 Å². The van der Waals surface area contributed by atoms with Crippen LogP contribution in [0.2, 0.25) is 0 Å². The summed E-state index contributed by atoms with van der Waals surface area (Å²) < 4.78 is 26.3. The van der Waals surface area contributed by atoms with Gasteiger partial charge in [-0.25, -0.2) is 8.42 Å². The minimum absolute atomic E-state index is 0.131. The number of nitrogens with one attached hydrogen (secondary N) is 1. The zero-order valence-electron chi connectivity index (χ0n) is 9.16. The molecule has 0 aliphatic rings. The highest BCUT2D eigenvalue weighted by atomic mass is 32.2. The van der Waals surface area contributed by atoms with Crippen molar-refractivity contribution in [2.24, 2.45) is 0 Å². The molecule has 0 aliphatic carbocycles. The van der Waals surface area contributed by atoms with E-state index in [4.69, 9.17) is 0 Å². The van der Waals surface area contributed by atoms with Crippen LogP contribution in [-0.4, -0.2) is 18.4 Å². The van der Waals surface area contributed by atoms with E-state index >= 15 is 0 Å². The average molecular weight is 249 g/mol. The Morgan fingerprint density at radius 3 is 2.59 bits per heavy atom. The largest absolute Gasteiger partial charge is 0.278 e. The normalized spacial score (nSPS) is 11.1. The number of pyridine rings is 2. The van der Waals surface area contributed by atoms with E-state index in [2.05, 4.69) is 14.7 Å². The van der Waals surface area contributed by atoms with Crippen LogP contribution in [0, 0.1) is 6.92 Å². The van der Waals surface area contributed by atoms with Crippen LogP contribution in [0.5, 0.6) is 0 Å². The number of aromatic nitrogens is 2. The number of aryl methyl sites for hydroxylation is 1. The minimum Gasteiger partial charge on any atom is -0.278 e. The molecule has 0 atom stereocenters. The lowest BCUT2D eigenvalue weighted by molar-refractivity contribution is 0.600. The molecule has 17 heavy (non-hydrogen) atoms. The van der Waals surface area contributed by atoms with E-state index in [-0.39, 0.29) is 4.90 Å². The number of hydrogen-bond acceptors (Lipinski definition) is 4. The Morgan fingerprint density at radius 2 is 2.00 bits per heavy atom. The van der Waals surface area contributed by atoms with Crippen LogP contribution in [0.4, 0.5) is 5.69 Å². The fraction of sp³-hybridized carbons (Fsp3) is 0.0909. The van der Waals surface area contributed by atoms with Gasteiger partial charge < -0.3 is 0 Å². The fourth-order valence-electron chi connectivity index (χ4n) is 1.25. The summed E-state index contributed by atoms with van der Waals surface area (Å²) in [7, 11) is -3.58. The minimum atomic E-state index is -3.58. The van der Waals surface area contributed by atoms with E-state index in [1.807, 2.05) is 0 Å². The lowest BCUT2D eigenvalue weighted by atomic mass is 10.4. The monoisotopic (exact) mass is 249 g/mol. The zero-order chi connectivity index (χ0) is 12.3. The maximum absolute atomic E-state index is 11.9. The highest BCUT2D eigenvalue weighted by Gasteiger charge is 2.14. The summed E-state index contributed by atoms with van der Waals surface area (Å²) in [6.45, 7) is 1.80. The van der Waals surface area contributed by atoms with Gasteiger partial charge in [0.15, 0.2) is 0 Å². The lowest BCUT2D eigenvalue weighted by Crippen LogP contribution is -2.13. The molecular weight excluding hydrogens is 238 g/mol. The molecule has 0 saturated heterocycles. The fourth-order valence-corrected chi connectivity index (χ4v) is 2.24. The smallest absolute Gasteiger partial charge is 0.263 e. The second kappa shape index (κ2) is 4.50. The summed E-state index contributed by atoms with van der Waals surface area (Å²) in [5, 5.41) is 0. The summed E-state index contributed by atoms with van der Waals surface area (Å²) in [5.74, 6) is 0. The third kappa shape index (κ3) is 2.79. The Bertz CT molecular complexity index is 594. The molecule has 0 fully saturated rings. The molecule has 2 heterocycles. The standard InChI is InChI=1S/C11H11N3O2S/c1-9-4-5-11(8-13-9)17(15,16)14-10-3-2-6-12-7-10/h2-8,14H,1H3. The summed E-state index contributed by atoms with van der Waals surface area (Å²) >= 11 is 0. The molecule has 0 aromatic carbocycles. The van der Waals surface area contributed by atoms with E-state index in [1.165, 1.54) is 18.5 Å². The van der Waals surface area contributed by atoms with E-state index in [0.717, 1.165) is 5.69 Å². The molecule has 2 aromatic heterocycles. The van der Waals surface area contributed by atoms with Gasteiger partial charge in [0, 0.05) is 18.1 Å². The van der Waals surface area contributed by atoms with Gasteiger partial charge in [-0.05, 0) is 31.2 Å². The summed E-state index contributed by atoms with van der Waals surface area (Å²) in [6.07, 6.45) is 4.35. The van der Waals surface area contributed by atoms with Gasteiger partial charge in [-0.3, -0.25) is 14.7 Å². The quantitative estimate of drug-likeness (QED) is 0.896. The van der Waals surface area contributed by atoms with Gasteiger partial charge in [-0.2, -0.15) is 0 Å². The third-order valence-corrected chi connectivity index (χ3v) is 3.47. The van der Waals surface area contributed by atoms with Crippen molar-refractivity contribution in [3.05, 3.63) is 48.5 Å².